The number of benzene rings is 1. The molecule has 1 heterocycles. The number of rotatable bonds is 4. The van der Waals surface area contributed by atoms with E-state index in [1.54, 1.807) is 4.90 Å². The number of halogens is 1. The highest BCUT2D eigenvalue weighted by Crippen LogP contribution is 2.29. The maximum absolute atomic E-state index is 12.9. The van der Waals surface area contributed by atoms with Crippen LogP contribution in [0, 0.1) is 11.8 Å². The van der Waals surface area contributed by atoms with Crippen molar-refractivity contribution in [1.82, 2.24) is 4.90 Å². The molecule has 0 aromatic heterocycles. The van der Waals surface area contributed by atoms with Crippen LogP contribution in [-0.4, -0.2) is 37.8 Å². The van der Waals surface area contributed by atoms with E-state index in [-0.39, 0.29) is 24.5 Å². The first kappa shape index (κ1) is 17.7. The molecule has 0 spiro atoms. The minimum atomic E-state index is -4.50. The molecular weight excluding hydrogens is 321 g/mol. The number of hydrogen-bond donors (Lipinski definition) is 0. The van der Waals surface area contributed by atoms with Crippen molar-refractivity contribution < 1.29 is 21.8 Å². The molecule has 0 aliphatic carbocycles. The predicted octanol–water partition coefficient (Wildman–Crippen LogP) is 2.97. The summed E-state index contributed by atoms with van der Waals surface area (Å²) in [6.07, 6.45) is 0.0276. The fourth-order valence-corrected chi connectivity index (χ4v) is 3.96. The van der Waals surface area contributed by atoms with Crippen molar-refractivity contribution in [3.63, 3.8) is 0 Å². The van der Waals surface area contributed by atoms with Gasteiger partial charge in [-0.15, -0.1) is 3.89 Å². The van der Waals surface area contributed by atoms with Gasteiger partial charge in [0.15, 0.2) is 0 Å². The molecule has 128 valence electrons. The third-order valence-corrected chi connectivity index (χ3v) is 5.14. The van der Waals surface area contributed by atoms with E-state index in [1.165, 1.54) is 0 Å². The summed E-state index contributed by atoms with van der Waals surface area (Å²) < 4.78 is 39.9. The molecule has 23 heavy (non-hydrogen) atoms. The average molecular weight is 343 g/mol. The maximum atomic E-state index is 12.9. The van der Waals surface area contributed by atoms with Gasteiger partial charge in [-0.05, 0) is 30.7 Å². The molecule has 1 saturated heterocycles. The molecule has 1 fully saturated rings. The summed E-state index contributed by atoms with van der Waals surface area (Å²) in [5.41, 5.74) is 0.903. The molecule has 1 aromatic rings. The lowest BCUT2D eigenvalue weighted by Crippen LogP contribution is -2.49. The Kier molecular flexibility index (Phi) is 5.62. The Morgan fingerprint density at radius 2 is 1.96 bits per heavy atom. The van der Waals surface area contributed by atoms with Crippen LogP contribution in [-0.2, 0) is 21.6 Å². The van der Waals surface area contributed by atoms with Crippen molar-refractivity contribution in [1.29, 1.82) is 0 Å². The lowest BCUT2D eigenvalue weighted by molar-refractivity contribution is 0.0472. The van der Waals surface area contributed by atoms with Gasteiger partial charge in [0.05, 0.1) is 5.75 Å². The second-order valence-electron chi connectivity index (χ2n) is 6.22. The Morgan fingerprint density at radius 3 is 2.57 bits per heavy atom. The molecule has 2 rings (SSSR count). The van der Waals surface area contributed by atoms with Gasteiger partial charge >= 0.3 is 16.3 Å². The molecule has 0 saturated carbocycles. The van der Waals surface area contributed by atoms with Crippen LogP contribution in [0.1, 0.15) is 25.8 Å². The summed E-state index contributed by atoms with van der Waals surface area (Å²) in [4.78, 5) is 13.8. The number of ether oxygens (including phenoxy) is 1. The molecule has 7 heteroatoms. The number of carbonyl (C=O) groups is 1. The summed E-state index contributed by atoms with van der Waals surface area (Å²) in [6, 6.07) is 9.20. The molecule has 0 radical (unpaired) electrons. The Hall–Kier alpha value is -1.63. The fraction of sp³-hybridized carbons (Fsp3) is 0.562. The van der Waals surface area contributed by atoms with Crippen molar-refractivity contribution in [3.05, 3.63) is 35.9 Å². The van der Waals surface area contributed by atoms with Gasteiger partial charge in [0, 0.05) is 12.6 Å². The second-order valence-corrected chi connectivity index (χ2v) is 7.63. The first-order chi connectivity index (χ1) is 10.8. The SMILES string of the molecule is CC1CN(C(=O)OCc2ccccc2)C(C)CC1CS(=O)(=O)F. The summed E-state index contributed by atoms with van der Waals surface area (Å²) in [6.45, 7) is 4.22. The van der Waals surface area contributed by atoms with Crippen LogP contribution in [0.25, 0.3) is 0 Å². The maximum Gasteiger partial charge on any atom is 0.410 e. The van der Waals surface area contributed by atoms with E-state index in [0.29, 0.717) is 13.0 Å². The minimum absolute atomic E-state index is 0.0963. The highest BCUT2D eigenvalue weighted by molar-refractivity contribution is 7.86. The highest BCUT2D eigenvalue weighted by Gasteiger charge is 2.36. The van der Waals surface area contributed by atoms with E-state index < -0.39 is 22.1 Å². The van der Waals surface area contributed by atoms with E-state index in [1.807, 2.05) is 44.2 Å². The van der Waals surface area contributed by atoms with E-state index >= 15 is 0 Å². The van der Waals surface area contributed by atoms with Crippen LogP contribution < -0.4 is 0 Å². The van der Waals surface area contributed by atoms with Gasteiger partial charge in [0.2, 0.25) is 0 Å². The minimum Gasteiger partial charge on any atom is -0.445 e. The zero-order chi connectivity index (χ0) is 17.0. The molecule has 1 amide bonds. The molecule has 1 aromatic carbocycles. The molecule has 3 unspecified atom stereocenters. The van der Waals surface area contributed by atoms with Gasteiger partial charge < -0.3 is 9.64 Å². The third kappa shape index (κ3) is 5.20. The van der Waals surface area contributed by atoms with Crippen LogP contribution in [0.5, 0.6) is 0 Å². The van der Waals surface area contributed by atoms with Gasteiger partial charge in [-0.2, -0.15) is 8.42 Å². The largest absolute Gasteiger partial charge is 0.445 e. The fourth-order valence-electron chi connectivity index (χ4n) is 2.98. The lowest BCUT2D eigenvalue weighted by Gasteiger charge is -2.40. The summed E-state index contributed by atoms with van der Waals surface area (Å²) in [5.74, 6) is -0.857. The van der Waals surface area contributed by atoms with Crippen molar-refractivity contribution in [2.45, 2.75) is 32.9 Å². The van der Waals surface area contributed by atoms with Crippen LogP contribution in [0.3, 0.4) is 0 Å². The molecule has 1 aliphatic heterocycles. The van der Waals surface area contributed by atoms with Gasteiger partial charge in [0.25, 0.3) is 0 Å². The quantitative estimate of drug-likeness (QED) is 0.789. The van der Waals surface area contributed by atoms with Gasteiger partial charge in [0.1, 0.15) is 6.61 Å². The number of piperidine rings is 1. The summed E-state index contributed by atoms with van der Waals surface area (Å²) in [7, 11) is -4.50. The van der Waals surface area contributed by atoms with Crippen molar-refractivity contribution >= 4 is 16.3 Å². The molecule has 0 bridgehead atoms. The van der Waals surface area contributed by atoms with Crippen LogP contribution in [0.2, 0.25) is 0 Å². The summed E-state index contributed by atoms with van der Waals surface area (Å²) >= 11 is 0. The standard InChI is InChI=1S/C16H22FNO4S/c1-12-9-18(13(2)8-15(12)11-23(17,20)21)16(19)22-10-14-6-4-3-5-7-14/h3-7,12-13,15H,8-11H2,1-2H3. The Balaban J connectivity index is 1.92. The van der Waals surface area contributed by atoms with E-state index in [4.69, 9.17) is 4.74 Å². The van der Waals surface area contributed by atoms with Crippen molar-refractivity contribution in [2.75, 3.05) is 12.3 Å². The van der Waals surface area contributed by atoms with Crippen LogP contribution >= 0.6 is 0 Å². The first-order valence-corrected chi connectivity index (χ1v) is 9.21. The predicted molar refractivity (Wildman–Crippen MR) is 85.0 cm³/mol. The van der Waals surface area contributed by atoms with Crippen LogP contribution in [0.4, 0.5) is 8.68 Å². The topological polar surface area (TPSA) is 63.7 Å². The molecular formula is C16H22FNO4S. The van der Waals surface area contributed by atoms with E-state index in [2.05, 4.69) is 0 Å². The van der Waals surface area contributed by atoms with Crippen LogP contribution in [0.15, 0.2) is 30.3 Å². The molecule has 5 nitrogen and oxygen atoms in total. The van der Waals surface area contributed by atoms with Gasteiger partial charge in [-0.25, -0.2) is 4.79 Å². The number of hydrogen-bond acceptors (Lipinski definition) is 4. The average Bonchev–Trinajstić information content (AvgIpc) is 2.48. The molecule has 3 atom stereocenters. The van der Waals surface area contributed by atoms with Crippen molar-refractivity contribution in [2.24, 2.45) is 11.8 Å². The zero-order valence-electron chi connectivity index (χ0n) is 13.3. The molecule has 1 aliphatic rings. The Labute approximate surface area is 136 Å². The monoisotopic (exact) mass is 343 g/mol. The van der Waals surface area contributed by atoms with E-state index in [9.17, 15) is 17.1 Å². The second kappa shape index (κ2) is 7.29. The lowest BCUT2D eigenvalue weighted by atomic mass is 9.85. The van der Waals surface area contributed by atoms with Gasteiger partial charge in [-0.1, -0.05) is 37.3 Å². The Bertz CT molecular complexity index is 635. The molecule has 0 N–H and O–H groups in total. The zero-order valence-corrected chi connectivity index (χ0v) is 14.1. The van der Waals surface area contributed by atoms with Gasteiger partial charge in [-0.3, -0.25) is 0 Å². The number of amides is 1. The van der Waals surface area contributed by atoms with E-state index in [0.717, 1.165) is 5.56 Å². The third-order valence-electron chi connectivity index (χ3n) is 4.32. The van der Waals surface area contributed by atoms with Crippen molar-refractivity contribution in [3.8, 4) is 0 Å². The Morgan fingerprint density at radius 1 is 1.30 bits per heavy atom. The summed E-state index contributed by atoms with van der Waals surface area (Å²) in [5, 5.41) is 0. The number of nitrogens with zero attached hydrogens (tertiary/aromatic N) is 1. The number of likely N-dealkylation sites (tertiary alicyclic amines) is 1. The first-order valence-electron chi connectivity index (χ1n) is 7.66. The number of carbonyl (C=O) groups excluding carboxylic acids is 1. The normalized spacial score (nSPS) is 25.2. The smallest absolute Gasteiger partial charge is 0.410 e. The highest BCUT2D eigenvalue weighted by atomic mass is 32.3.